The van der Waals surface area contributed by atoms with Crippen molar-refractivity contribution in [1.82, 2.24) is 0 Å². The highest BCUT2D eigenvalue weighted by Gasteiger charge is 1.97. The van der Waals surface area contributed by atoms with E-state index in [1.165, 1.54) is 0 Å². The molecule has 0 radical (unpaired) electrons. The molecule has 0 aliphatic carbocycles. The lowest BCUT2D eigenvalue weighted by molar-refractivity contribution is 0.00487. The van der Waals surface area contributed by atoms with Crippen LogP contribution in [0.25, 0.3) is 0 Å². The van der Waals surface area contributed by atoms with Crippen LogP contribution in [0.15, 0.2) is 24.3 Å². The summed E-state index contributed by atoms with van der Waals surface area (Å²) in [4.78, 5) is 0. The number of alkyl halides is 1. The third-order valence-electron chi connectivity index (χ3n) is 1.32. The summed E-state index contributed by atoms with van der Waals surface area (Å²) in [6.45, 7) is 1.86. The van der Waals surface area contributed by atoms with Crippen LogP contribution in [0.3, 0.4) is 0 Å². The quantitative estimate of drug-likeness (QED) is 0.573. The highest BCUT2D eigenvalue weighted by Crippen LogP contribution is 2.17. The molecule has 0 saturated heterocycles. The maximum atomic E-state index is 5.74. The molecule has 0 N–H and O–H groups in total. The summed E-state index contributed by atoms with van der Waals surface area (Å²) in [5.74, 6) is 0.671. The van der Waals surface area contributed by atoms with Gasteiger partial charge in [-0.05, 0) is 25.1 Å². The van der Waals surface area contributed by atoms with Crippen molar-refractivity contribution in [3.63, 3.8) is 0 Å². The van der Waals surface area contributed by atoms with Crippen LogP contribution in [0.4, 0.5) is 0 Å². The highest BCUT2D eigenvalue weighted by molar-refractivity contribution is 6.30. The van der Waals surface area contributed by atoms with Crippen LogP contribution in [0.1, 0.15) is 6.92 Å². The largest absolute Gasteiger partial charge is 0.467 e. The van der Waals surface area contributed by atoms with E-state index in [9.17, 15) is 0 Å². The second-order valence-electron chi connectivity index (χ2n) is 2.43. The van der Waals surface area contributed by atoms with Crippen LogP contribution in [-0.2, 0) is 4.74 Å². The number of rotatable bonds is 4. The first-order valence-corrected chi connectivity index (χ1v) is 4.64. The Labute approximate surface area is 87.4 Å². The van der Waals surface area contributed by atoms with Crippen LogP contribution in [0.5, 0.6) is 5.75 Å². The van der Waals surface area contributed by atoms with Crippen LogP contribution in [0, 0.1) is 0 Å². The zero-order chi connectivity index (χ0) is 9.68. The summed E-state index contributed by atoms with van der Waals surface area (Å²) in [6.07, 6.45) is 0. The topological polar surface area (TPSA) is 18.5 Å². The molecule has 13 heavy (non-hydrogen) atoms. The third-order valence-corrected chi connectivity index (χ3v) is 1.68. The molecule has 1 unspecified atom stereocenters. The highest BCUT2D eigenvalue weighted by atomic mass is 35.5. The molecule has 0 heterocycles. The maximum Gasteiger partial charge on any atom is 0.190 e. The van der Waals surface area contributed by atoms with Gasteiger partial charge in [0, 0.05) is 5.02 Å². The van der Waals surface area contributed by atoms with E-state index in [0.717, 1.165) is 0 Å². The Balaban J connectivity index is 2.37. The minimum Gasteiger partial charge on any atom is -0.467 e. The Morgan fingerprint density at radius 2 is 2.23 bits per heavy atom. The molecular formula is C9H10Cl2O2. The molecule has 0 aromatic heterocycles. The van der Waals surface area contributed by atoms with Crippen LogP contribution < -0.4 is 4.74 Å². The second-order valence-corrected chi connectivity index (χ2v) is 3.48. The molecule has 2 nitrogen and oxygen atoms in total. The molecule has 4 heteroatoms. The standard InChI is InChI=1S/C9H10Cl2O2/c1-7(10)12-6-13-9-4-2-3-8(11)5-9/h2-5,7H,6H2,1H3. The SMILES string of the molecule is CC(Cl)OCOc1cccc(Cl)c1. The predicted octanol–water partition coefficient (Wildman–Crippen LogP) is 3.28. The van der Waals surface area contributed by atoms with Crippen molar-refractivity contribution in [2.75, 3.05) is 6.79 Å². The van der Waals surface area contributed by atoms with E-state index < -0.39 is 0 Å². The average molecular weight is 221 g/mol. The maximum absolute atomic E-state index is 5.74. The molecular weight excluding hydrogens is 211 g/mol. The Hall–Kier alpha value is -0.440. The van der Waals surface area contributed by atoms with Gasteiger partial charge in [-0.2, -0.15) is 0 Å². The molecule has 72 valence electrons. The van der Waals surface area contributed by atoms with E-state index in [-0.39, 0.29) is 12.4 Å². The van der Waals surface area contributed by atoms with Gasteiger partial charge >= 0.3 is 0 Å². The van der Waals surface area contributed by atoms with Crippen molar-refractivity contribution in [1.29, 1.82) is 0 Å². The van der Waals surface area contributed by atoms with Gasteiger partial charge in [-0.3, -0.25) is 0 Å². The van der Waals surface area contributed by atoms with E-state index in [2.05, 4.69) is 0 Å². The Morgan fingerprint density at radius 3 is 2.85 bits per heavy atom. The van der Waals surface area contributed by atoms with Gasteiger partial charge in [0.25, 0.3) is 0 Å². The summed E-state index contributed by atoms with van der Waals surface area (Å²) in [7, 11) is 0. The summed E-state index contributed by atoms with van der Waals surface area (Å²) in [6, 6.07) is 7.10. The van der Waals surface area contributed by atoms with Gasteiger partial charge in [-0.25, -0.2) is 0 Å². The van der Waals surface area contributed by atoms with Crippen molar-refractivity contribution in [2.24, 2.45) is 0 Å². The zero-order valence-corrected chi connectivity index (χ0v) is 8.68. The molecule has 1 rings (SSSR count). The van der Waals surface area contributed by atoms with Crippen molar-refractivity contribution in [2.45, 2.75) is 12.5 Å². The molecule has 1 aromatic rings. The minimum absolute atomic E-state index is 0.130. The number of hydrogen-bond donors (Lipinski definition) is 0. The van der Waals surface area contributed by atoms with E-state index in [1.807, 2.05) is 6.07 Å². The Kier molecular flexibility index (Phi) is 4.36. The third kappa shape index (κ3) is 4.36. The van der Waals surface area contributed by atoms with Gasteiger partial charge in [-0.1, -0.05) is 29.3 Å². The molecule has 1 atom stereocenters. The first-order valence-electron chi connectivity index (χ1n) is 3.82. The molecule has 0 saturated carbocycles. The first kappa shape index (κ1) is 10.6. The minimum atomic E-state index is -0.348. The smallest absolute Gasteiger partial charge is 0.190 e. The predicted molar refractivity (Wildman–Crippen MR) is 53.3 cm³/mol. The van der Waals surface area contributed by atoms with Gasteiger partial charge in [0.05, 0.1) is 0 Å². The number of halogens is 2. The second kappa shape index (κ2) is 5.32. The fraction of sp³-hybridized carbons (Fsp3) is 0.333. The van der Waals surface area contributed by atoms with Gasteiger partial charge in [0.2, 0.25) is 0 Å². The van der Waals surface area contributed by atoms with E-state index in [4.69, 9.17) is 32.7 Å². The molecule has 0 spiro atoms. The van der Waals surface area contributed by atoms with Crippen molar-refractivity contribution >= 4 is 23.2 Å². The molecule has 0 bridgehead atoms. The van der Waals surface area contributed by atoms with E-state index in [0.29, 0.717) is 10.8 Å². The van der Waals surface area contributed by atoms with Crippen LogP contribution in [0.2, 0.25) is 5.02 Å². The summed E-state index contributed by atoms with van der Waals surface area (Å²) in [5.41, 5.74) is -0.348. The lowest BCUT2D eigenvalue weighted by Gasteiger charge is -2.08. The van der Waals surface area contributed by atoms with Crippen molar-refractivity contribution in [3.05, 3.63) is 29.3 Å². The molecule has 0 fully saturated rings. The fourth-order valence-corrected chi connectivity index (χ4v) is 0.984. The lowest BCUT2D eigenvalue weighted by atomic mass is 10.3. The lowest BCUT2D eigenvalue weighted by Crippen LogP contribution is -2.07. The Morgan fingerprint density at radius 1 is 1.46 bits per heavy atom. The van der Waals surface area contributed by atoms with Crippen LogP contribution >= 0.6 is 23.2 Å². The number of hydrogen-bond acceptors (Lipinski definition) is 2. The van der Waals surface area contributed by atoms with Crippen LogP contribution in [-0.4, -0.2) is 12.4 Å². The summed E-state index contributed by atoms with van der Waals surface area (Å²) < 4.78 is 10.2. The van der Waals surface area contributed by atoms with Gasteiger partial charge < -0.3 is 9.47 Å². The number of benzene rings is 1. The van der Waals surface area contributed by atoms with Crippen molar-refractivity contribution in [3.8, 4) is 5.75 Å². The molecule has 1 aromatic carbocycles. The van der Waals surface area contributed by atoms with Crippen molar-refractivity contribution < 1.29 is 9.47 Å². The Bertz CT molecular complexity index is 264. The van der Waals surface area contributed by atoms with Gasteiger partial charge in [-0.15, -0.1) is 0 Å². The fourth-order valence-electron chi connectivity index (χ4n) is 0.753. The molecule has 0 amide bonds. The van der Waals surface area contributed by atoms with Gasteiger partial charge in [0.15, 0.2) is 6.79 Å². The summed E-state index contributed by atoms with van der Waals surface area (Å²) >= 11 is 11.3. The van der Waals surface area contributed by atoms with E-state index in [1.54, 1.807) is 25.1 Å². The first-order chi connectivity index (χ1) is 6.18. The normalized spacial score (nSPS) is 12.5. The zero-order valence-electron chi connectivity index (χ0n) is 7.17. The average Bonchev–Trinajstić information content (AvgIpc) is 2.03. The van der Waals surface area contributed by atoms with Gasteiger partial charge in [0.1, 0.15) is 11.3 Å². The molecule has 0 aliphatic heterocycles. The summed E-state index contributed by atoms with van der Waals surface area (Å²) in [5, 5.41) is 0.636. The monoisotopic (exact) mass is 220 g/mol. The number of ether oxygens (including phenoxy) is 2. The molecule has 0 aliphatic rings. The van der Waals surface area contributed by atoms with E-state index >= 15 is 0 Å².